The summed E-state index contributed by atoms with van der Waals surface area (Å²) in [5.74, 6) is 2.04. The molecule has 1 aromatic heterocycles. The van der Waals surface area contributed by atoms with Crippen LogP contribution in [0.2, 0.25) is 0 Å². The van der Waals surface area contributed by atoms with E-state index in [1.807, 2.05) is 18.7 Å². The van der Waals surface area contributed by atoms with Gasteiger partial charge in [0.05, 0.1) is 6.61 Å². The topological polar surface area (TPSA) is 39.2 Å². The number of carbonyl (C=O) groups is 1. The monoisotopic (exact) mass is 243 g/mol. The Kier molecular flexibility index (Phi) is 3.43. The summed E-state index contributed by atoms with van der Waals surface area (Å²) in [6.07, 6.45) is 0.0838. The number of hydrogen-bond acceptors (Lipinski definition) is 5. The molecule has 0 radical (unpaired) electrons. The lowest BCUT2D eigenvalue weighted by Gasteiger charge is -2.19. The number of thioether (sulfide) groups is 1. The van der Waals surface area contributed by atoms with E-state index in [9.17, 15) is 4.79 Å². The smallest absolute Gasteiger partial charge is 0.179 e. The van der Waals surface area contributed by atoms with Crippen molar-refractivity contribution in [3.8, 4) is 0 Å². The number of thiazole rings is 1. The second kappa shape index (κ2) is 4.63. The quantitative estimate of drug-likeness (QED) is 0.748. The third-order valence-electron chi connectivity index (χ3n) is 2.24. The van der Waals surface area contributed by atoms with E-state index in [-0.39, 0.29) is 11.9 Å². The van der Waals surface area contributed by atoms with Gasteiger partial charge >= 0.3 is 0 Å². The number of aromatic nitrogens is 1. The molecule has 2 heterocycles. The highest BCUT2D eigenvalue weighted by Gasteiger charge is 2.22. The Morgan fingerprint density at radius 3 is 2.93 bits per heavy atom. The van der Waals surface area contributed by atoms with E-state index in [0.29, 0.717) is 5.69 Å². The number of nitrogens with zero attached hydrogens (tertiary/aromatic N) is 1. The van der Waals surface area contributed by atoms with E-state index >= 15 is 0 Å². The average Bonchev–Trinajstić information content (AvgIpc) is 2.62. The van der Waals surface area contributed by atoms with Crippen molar-refractivity contribution in [1.29, 1.82) is 0 Å². The molecule has 82 valence electrons. The molecule has 1 saturated heterocycles. The van der Waals surface area contributed by atoms with Gasteiger partial charge in [-0.3, -0.25) is 4.79 Å². The zero-order valence-corrected chi connectivity index (χ0v) is 10.4. The Hall–Kier alpha value is -0.390. The molecule has 15 heavy (non-hydrogen) atoms. The maximum atomic E-state index is 11.3. The molecule has 2 rings (SSSR count). The third-order valence-corrected chi connectivity index (χ3v) is 4.29. The molecule has 1 unspecified atom stereocenters. The minimum Gasteiger partial charge on any atom is -0.369 e. The molecule has 0 amide bonds. The van der Waals surface area contributed by atoms with Gasteiger partial charge in [0.2, 0.25) is 0 Å². The molecule has 1 atom stereocenters. The Balaban J connectivity index is 2.21. The summed E-state index contributed by atoms with van der Waals surface area (Å²) in [7, 11) is 0. The second-order valence-corrected chi connectivity index (χ2v) is 5.83. The fourth-order valence-corrected chi connectivity index (χ4v) is 3.49. The van der Waals surface area contributed by atoms with E-state index in [2.05, 4.69) is 4.98 Å². The first kappa shape index (κ1) is 11.1. The predicted molar refractivity (Wildman–Crippen MR) is 62.9 cm³/mol. The van der Waals surface area contributed by atoms with Crippen molar-refractivity contribution < 1.29 is 9.53 Å². The van der Waals surface area contributed by atoms with Crippen LogP contribution in [0.15, 0.2) is 0 Å². The van der Waals surface area contributed by atoms with E-state index < -0.39 is 0 Å². The Morgan fingerprint density at radius 1 is 1.60 bits per heavy atom. The Bertz CT molecular complexity index is 369. The van der Waals surface area contributed by atoms with Crippen LogP contribution in [0, 0.1) is 6.92 Å². The SMILES string of the molecule is CC(=O)c1nc(C2CSCCO2)sc1C. The minimum absolute atomic E-state index is 0.0402. The van der Waals surface area contributed by atoms with Gasteiger partial charge in [-0.2, -0.15) is 11.8 Å². The highest BCUT2D eigenvalue weighted by Crippen LogP contribution is 2.31. The fourth-order valence-electron chi connectivity index (χ4n) is 1.51. The van der Waals surface area contributed by atoms with Crippen molar-refractivity contribution in [2.75, 3.05) is 18.1 Å². The number of hydrogen-bond donors (Lipinski definition) is 0. The minimum atomic E-state index is 0.0402. The lowest BCUT2D eigenvalue weighted by atomic mass is 10.3. The third kappa shape index (κ3) is 2.41. The highest BCUT2D eigenvalue weighted by molar-refractivity contribution is 7.99. The van der Waals surface area contributed by atoms with E-state index in [4.69, 9.17) is 4.74 Å². The van der Waals surface area contributed by atoms with Crippen LogP contribution in [0.4, 0.5) is 0 Å². The largest absolute Gasteiger partial charge is 0.369 e. The Morgan fingerprint density at radius 2 is 2.40 bits per heavy atom. The number of rotatable bonds is 2. The molecule has 0 saturated carbocycles. The van der Waals surface area contributed by atoms with Crippen LogP contribution in [0.1, 0.15) is 33.4 Å². The van der Waals surface area contributed by atoms with Gasteiger partial charge in [-0.25, -0.2) is 4.98 Å². The highest BCUT2D eigenvalue weighted by atomic mass is 32.2. The van der Waals surface area contributed by atoms with Crippen LogP contribution < -0.4 is 0 Å². The van der Waals surface area contributed by atoms with E-state index in [0.717, 1.165) is 28.0 Å². The maximum absolute atomic E-state index is 11.3. The van der Waals surface area contributed by atoms with Crippen LogP contribution in [-0.2, 0) is 4.74 Å². The molecule has 3 nitrogen and oxygen atoms in total. The van der Waals surface area contributed by atoms with Crippen molar-refractivity contribution >= 4 is 28.9 Å². The number of ether oxygens (including phenoxy) is 1. The number of ketones is 1. The molecular formula is C10H13NO2S2. The normalized spacial score (nSPS) is 21.6. The molecular weight excluding hydrogens is 230 g/mol. The van der Waals surface area contributed by atoms with Gasteiger partial charge in [0.25, 0.3) is 0 Å². The molecule has 0 spiro atoms. The predicted octanol–water partition coefficient (Wildman–Crippen LogP) is 2.46. The summed E-state index contributed by atoms with van der Waals surface area (Å²) in [5, 5.41) is 0.949. The molecule has 0 N–H and O–H groups in total. The van der Waals surface area contributed by atoms with Crippen LogP contribution >= 0.6 is 23.1 Å². The fraction of sp³-hybridized carbons (Fsp3) is 0.600. The summed E-state index contributed by atoms with van der Waals surface area (Å²) in [4.78, 5) is 16.6. The van der Waals surface area contributed by atoms with E-state index in [1.165, 1.54) is 0 Å². The van der Waals surface area contributed by atoms with Crippen molar-refractivity contribution in [3.63, 3.8) is 0 Å². The molecule has 0 aliphatic carbocycles. The van der Waals surface area contributed by atoms with Crippen molar-refractivity contribution in [2.45, 2.75) is 20.0 Å². The first-order chi connectivity index (χ1) is 7.18. The zero-order chi connectivity index (χ0) is 10.8. The molecule has 0 aromatic carbocycles. The van der Waals surface area contributed by atoms with Crippen LogP contribution in [0.3, 0.4) is 0 Å². The van der Waals surface area contributed by atoms with Gasteiger partial charge in [0, 0.05) is 23.3 Å². The summed E-state index contributed by atoms with van der Waals surface area (Å²) in [5.41, 5.74) is 0.606. The lowest BCUT2D eigenvalue weighted by Crippen LogP contribution is -2.15. The van der Waals surface area contributed by atoms with Gasteiger partial charge in [-0.05, 0) is 6.92 Å². The van der Waals surface area contributed by atoms with Crippen LogP contribution in [0.5, 0.6) is 0 Å². The maximum Gasteiger partial charge on any atom is 0.179 e. The van der Waals surface area contributed by atoms with Crippen molar-refractivity contribution in [2.24, 2.45) is 0 Å². The number of Topliss-reactive ketones (excluding diaryl/α,β-unsaturated/α-hetero) is 1. The standard InChI is InChI=1S/C10H13NO2S2/c1-6(12)9-7(2)15-10(11-9)8-5-14-4-3-13-8/h8H,3-5H2,1-2H3. The summed E-state index contributed by atoms with van der Waals surface area (Å²) < 4.78 is 5.63. The molecule has 1 aromatic rings. The lowest BCUT2D eigenvalue weighted by molar-refractivity contribution is 0.0753. The zero-order valence-electron chi connectivity index (χ0n) is 8.78. The van der Waals surface area contributed by atoms with Gasteiger partial charge < -0.3 is 4.74 Å². The van der Waals surface area contributed by atoms with E-state index in [1.54, 1.807) is 18.3 Å². The molecule has 1 aliphatic heterocycles. The van der Waals surface area contributed by atoms with Gasteiger partial charge in [0.15, 0.2) is 5.78 Å². The molecule has 1 aliphatic rings. The Labute approximate surface area is 97.2 Å². The molecule has 5 heteroatoms. The van der Waals surface area contributed by atoms with Crippen molar-refractivity contribution in [3.05, 3.63) is 15.6 Å². The number of aryl methyl sites for hydroxylation is 1. The van der Waals surface area contributed by atoms with Crippen LogP contribution in [-0.4, -0.2) is 28.9 Å². The molecule has 0 bridgehead atoms. The number of carbonyl (C=O) groups excluding carboxylic acids is 1. The summed E-state index contributed by atoms with van der Waals surface area (Å²) in [6, 6.07) is 0. The van der Waals surface area contributed by atoms with Gasteiger partial charge in [-0.1, -0.05) is 0 Å². The second-order valence-electron chi connectivity index (χ2n) is 3.45. The first-order valence-corrected chi connectivity index (χ1v) is 6.83. The first-order valence-electron chi connectivity index (χ1n) is 4.86. The summed E-state index contributed by atoms with van der Waals surface area (Å²) >= 11 is 3.46. The summed E-state index contributed by atoms with van der Waals surface area (Å²) in [6.45, 7) is 4.28. The van der Waals surface area contributed by atoms with Crippen LogP contribution in [0.25, 0.3) is 0 Å². The van der Waals surface area contributed by atoms with Gasteiger partial charge in [0.1, 0.15) is 16.8 Å². The average molecular weight is 243 g/mol. The molecule has 1 fully saturated rings. The van der Waals surface area contributed by atoms with Gasteiger partial charge in [-0.15, -0.1) is 11.3 Å². The van der Waals surface area contributed by atoms with Crippen molar-refractivity contribution in [1.82, 2.24) is 4.98 Å².